The van der Waals surface area contributed by atoms with E-state index in [2.05, 4.69) is 21.8 Å². The summed E-state index contributed by atoms with van der Waals surface area (Å²) < 4.78 is 15.4. The van der Waals surface area contributed by atoms with Crippen molar-refractivity contribution in [2.75, 3.05) is 41.0 Å². The van der Waals surface area contributed by atoms with E-state index in [0.29, 0.717) is 6.42 Å². The van der Waals surface area contributed by atoms with E-state index in [1.165, 1.54) is 31.9 Å². The van der Waals surface area contributed by atoms with E-state index in [1.54, 1.807) is 14.2 Å². The number of hydrogen-bond donors (Lipinski definition) is 0. The summed E-state index contributed by atoms with van der Waals surface area (Å²) in [7, 11) is 4.83. The molecule has 1 aliphatic heterocycles. The Hall–Kier alpha value is -1.75. The molecule has 0 amide bonds. The van der Waals surface area contributed by atoms with Crippen LogP contribution in [-0.2, 0) is 16.0 Å². The highest BCUT2D eigenvalue weighted by Crippen LogP contribution is 2.27. The maximum atomic E-state index is 11.2. The molecule has 0 bridgehead atoms. The molecular weight excluding hydrogens is 318 g/mol. The molecule has 0 unspecified atom stereocenters. The van der Waals surface area contributed by atoms with E-state index in [-0.39, 0.29) is 5.97 Å². The first kappa shape index (κ1) is 19.6. The zero-order valence-corrected chi connectivity index (χ0v) is 15.8. The van der Waals surface area contributed by atoms with Gasteiger partial charge in [0.05, 0.1) is 21.3 Å². The van der Waals surface area contributed by atoms with Crippen molar-refractivity contribution >= 4 is 5.97 Å². The minimum Gasteiger partial charge on any atom is -0.497 e. The first-order chi connectivity index (χ1) is 12.1. The fourth-order valence-electron chi connectivity index (χ4n) is 3.43. The van der Waals surface area contributed by atoms with Crippen LogP contribution >= 0.6 is 0 Å². The predicted octanol–water partition coefficient (Wildman–Crippen LogP) is 3.30. The summed E-state index contributed by atoms with van der Waals surface area (Å²) >= 11 is 0. The second-order valence-electron chi connectivity index (χ2n) is 6.72. The predicted molar refractivity (Wildman–Crippen MR) is 98.3 cm³/mol. The number of methoxy groups -OCH3 is 3. The number of nitrogens with zero attached hydrogens (tertiary/aromatic N) is 1. The van der Waals surface area contributed by atoms with Gasteiger partial charge in [-0.1, -0.05) is 0 Å². The van der Waals surface area contributed by atoms with Crippen molar-refractivity contribution in [3.8, 4) is 11.5 Å². The number of piperidine rings is 1. The van der Waals surface area contributed by atoms with Crippen molar-refractivity contribution in [1.29, 1.82) is 0 Å². The minimum atomic E-state index is -0.108. The zero-order valence-electron chi connectivity index (χ0n) is 15.8. The Morgan fingerprint density at radius 3 is 2.28 bits per heavy atom. The normalized spacial score (nSPS) is 15.8. The summed E-state index contributed by atoms with van der Waals surface area (Å²) in [4.78, 5) is 13.6. The number of esters is 1. The summed E-state index contributed by atoms with van der Waals surface area (Å²) in [5.41, 5.74) is 1.27. The Morgan fingerprint density at radius 2 is 1.72 bits per heavy atom. The summed E-state index contributed by atoms with van der Waals surface area (Å²) in [5, 5.41) is 0. The third-order valence-electron chi connectivity index (χ3n) is 5.04. The molecule has 1 fully saturated rings. The average molecular weight is 349 g/mol. The molecule has 0 saturated carbocycles. The van der Waals surface area contributed by atoms with Crippen LogP contribution in [0.2, 0.25) is 0 Å². The number of likely N-dealkylation sites (tertiary alicyclic amines) is 1. The zero-order chi connectivity index (χ0) is 18.1. The van der Waals surface area contributed by atoms with Gasteiger partial charge in [0.2, 0.25) is 0 Å². The Kier molecular flexibility index (Phi) is 8.06. The molecule has 0 spiro atoms. The molecule has 25 heavy (non-hydrogen) atoms. The molecule has 0 aliphatic carbocycles. The maximum absolute atomic E-state index is 11.2. The van der Waals surface area contributed by atoms with Crippen LogP contribution < -0.4 is 9.47 Å². The molecule has 1 saturated heterocycles. The van der Waals surface area contributed by atoms with E-state index in [1.807, 2.05) is 6.07 Å². The Labute approximate surface area is 151 Å². The van der Waals surface area contributed by atoms with Crippen LogP contribution in [0, 0.1) is 5.92 Å². The molecule has 0 N–H and O–H groups in total. The van der Waals surface area contributed by atoms with Crippen molar-refractivity contribution in [3.63, 3.8) is 0 Å². The third kappa shape index (κ3) is 6.58. The van der Waals surface area contributed by atoms with Crippen LogP contribution in [-0.4, -0.2) is 51.8 Å². The van der Waals surface area contributed by atoms with Gasteiger partial charge in [0.25, 0.3) is 0 Å². The summed E-state index contributed by atoms with van der Waals surface area (Å²) in [6.07, 6.45) is 6.14. The molecule has 1 heterocycles. The standard InChI is InChI=1S/C20H31NO4/c1-23-18-13-17(14-19(15-18)24-2)7-6-16-8-11-21(12-9-16)10-4-5-20(22)25-3/h13-16H,4-12H2,1-3H3. The molecule has 2 rings (SSSR count). The summed E-state index contributed by atoms with van der Waals surface area (Å²) in [6.45, 7) is 3.26. The fraction of sp³-hybridized carbons (Fsp3) is 0.650. The Morgan fingerprint density at radius 1 is 1.08 bits per heavy atom. The topological polar surface area (TPSA) is 48.0 Å². The van der Waals surface area contributed by atoms with Crippen LogP contribution in [0.3, 0.4) is 0 Å². The Balaban J connectivity index is 1.71. The van der Waals surface area contributed by atoms with Gasteiger partial charge in [-0.15, -0.1) is 0 Å². The quantitative estimate of drug-likeness (QED) is 0.640. The lowest BCUT2D eigenvalue weighted by molar-refractivity contribution is -0.140. The molecule has 5 heteroatoms. The molecular formula is C20H31NO4. The van der Waals surface area contributed by atoms with E-state index < -0.39 is 0 Å². The van der Waals surface area contributed by atoms with Gasteiger partial charge in [0.1, 0.15) is 11.5 Å². The number of aryl methyl sites for hydroxylation is 1. The molecule has 140 valence electrons. The fourth-order valence-corrected chi connectivity index (χ4v) is 3.43. The van der Waals surface area contributed by atoms with Crippen molar-refractivity contribution < 1.29 is 19.0 Å². The van der Waals surface area contributed by atoms with Crippen LogP contribution in [0.15, 0.2) is 18.2 Å². The highest BCUT2D eigenvalue weighted by molar-refractivity contribution is 5.69. The molecule has 0 radical (unpaired) electrons. The Bertz CT molecular complexity index is 516. The lowest BCUT2D eigenvalue weighted by atomic mass is 9.90. The van der Waals surface area contributed by atoms with Gasteiger partial charge >= 0.3 is 5.97 Å². The number of ether oxygens (including phenoxy) is 3. The number of hydrogen-bond acceptors (Lipinski definition) is 5. The van der Waals surface area contributed by atoms with Crippen LogP contribution in [0.5, 0.6) is 11.5 Å². The van der Waals surface area contributed by atoms with Crippen LogP contribution in [0.4, 0.5) is 0 Å². The van der Waals surface area contributed by atoms with Crippen LogP contribution in [0.1, 0.15) is 37.7 Å². The maximum Gasteiger partial charge on any atom is 0.305 e. The number of benzene rings is 1. The first-order valence-corrected chi connectivity index (χ1v) is 9.15. The van der Waals surface area contributed by atoms with Crippen molar-refractivity contribution in [3.05, 3.63) is 23.8 Å². The van der Waals surface area contributed by atoms with Crippen LogP contribution in [0.25, 0.3) is 0 Å². The second-order valence-corrected chi connectivity index (χ2v) is 6.72. The molecule has 1 aromatic carbocycles. The lowest BCUT2D eigenvalue weighted by Gasteiger charge is -2.32. The number of carbonyl (C=O) groups is 1. The lowest BCUT2D eigenvalue weighted by Crippen LogP contribution is -2.34. The van der Waals surface area contributed by atoms with Crippen molar-refractivity contribution in [1.82, 2.24) is 4.90 Å². The molecule has 0 aromatic heterocycles. The van der Waals surface area contributed by atoms with Gasteiger partial charge in [0.15, 0.2) is 0 Å². The number of carbonyl (C=O) groups excluding carboxylic acids is 1. The monoisotopic (exact) mass is 349 g/mol. The number of rotatable bonds is 9. The highest BCUT2D eigenvalue weighted by atomic mass is 16.5. The van der Waals surface area contributed by atoms with Crippen molar-refractivity contribution in [2.45, 2.75) is 38.5 Å². The third-order valence-corrected chi connectivity index (χ3v) is 5.04. The van der Waals surface area contributed by atoms with Gasteiger partial charge in [0, 0.05) is 12.5 Å². The van der Waals surface area contributed by atoms with E-state index in [0.717, 1.165) is 49.9 Å². The average Bonchev–Trinajstić information content (AvgIpc) is 2.66. The van der Waals surface area contributed by atoms with Gasteiger partial charge in [-0.25, -0.2) is 0 Å². The van der Waals surface area contributed by atoms with Gasteiger partial charge in [-0.3, -0.25) is 4.79 Å². The molecule has 1 aromatic rings. The molecule has 1 aliphatic rings. The smallest absolute Gasteiger partial charge is 0.305 e. The van der Waals surface area contributed by atoms with Gasteiger partial charge in [-0.2, -0.15) is 0 Å². The van der Waals surface area contributed by atoms with Gasteiger partial charge < -0.3 is 19.1 Å². The van der Waals surface area contributed by atoms with E-state index in [9.17, 15) is 4.79 Å². The molecule has 5 nitrogen and oxygen atoms in total. The summed E-state index contributed by atoms with van der Waals surface area (Å²) in [5.74, 6) is 2.38. The second kappa shape index (κ2) is 10.3. The minimum absolute atomic E-state index is 0.108. The van der Waals surface area contributed by atoms with Gasteiger partial charge in [-0.05, 0) is 75.4 Å². The van der Waals surface area contributed by atoms with Crippen molar-refractivity contribution in [2.24, 2.45) is 5.92 Å². The SMILES string of the molecule is COC(=O)CCCN1CCC(CCc2cc(OC)cc(OC)c2)CC1. The highest BCUT2D eigenvalue weighted by Gasteiger charge is 2.19. The van der Waals surface area contributed by atoms with E-state index >= 15 is 0 Å². The van der Waals surface area contributed by atoms with E-state index in [4.69, 9.17) is 9.47 Å². The largest absolute Gasteiger partial charge is 0.497 e. The summed E-state index contributed by atoms with van der Waals surface area (Å²) in [6, 6.07) is 6.12. The first-order valence-electron chi connectivity index (χ1n) is 9.15. The molecule has 0 atom stereocenters.